The zero-order valence-electron chi connectivity index (χ0n) is 15.7. The third-order valence-electron chi connectivity index (χ3n) is 3.44. The number of halogens is 2. The van der Waals surface area contributed by atoms with Gasteiger partial charge < -0.3 is 21.1 Å². The van der Waals surface area contributed by atoms with Crippen molar-refractivity contribution in [1.29, 1.82) is 0 Å². The van der Waals surface area contributed by atoms with E-state index in [0.717, 1.165) is 17.0 Å². The van der Waals surface area contributed by atoms with Crippen molar-refractivity contribution in [3.8, 4) is 0 Å². The summed E-state index contributed by atoms with van der Waals surface area (Å²) in [6.07, 6.45) is 0.691. The maximum absolute atomic E-state index is 13.5. The van der Waals surface area contributed by atoms with E-state index in [-0.39, 0.29) is 13.0 Å². The summed E-state index contributed by atoms with van der Waals surface area (Å²) in [6.45, 7) is 5.22. The second kappa shape index (κ2) is 8.96. The molecule has 0 aliphatic rings. The van der Waals surface area contributed by atoms with Crippen molar-refractivity contribution in [1.82, 2.24) is 15.6 Å². The predicted octanol–water partition coefficient (Wildman–Crippen LogP) is 2.76. The number of nitrogens with two attached hydrogens (primary N) is 1. The molecular weight excluding hydrogens is 390 g/mol. The van der Waals surface area contributed by atoms with Gasteiger partial charge in [-0.2, -0.15) is 0 Å². The standard InChI is InChI=1S/C18H22F2N4O3S/c1-18(2,3)27-17(26)24-14(7-10-4-5-12(19)13(20)6-10)15(25)22-8-11-9-23-16(21)28-11/h4-6,9,14H,7-8H2,1-3H3,(H2,21,23)(H,22,25)(H,24,26)/t14-/m0/s1. The third-order valence-corrected chi connectivity index (χ3v) is 4.27. The van der Waals surface area contributed by atoms with Crippen molar-refractivity contribution >= 4 is 28.5 Å². The Morgan fingerprint density at radius 2 is 2.00 bits per heavy atom. The van der Waals surface area contributed by atoms with Crippen molar-refractivity contribution in [3.05, 3.63) is 46.5 Å². The summed E-state index contributed by atoms with van der Waals surface area (Å²) in [4.78, 5) is 29.3. The highest BCUT2D eigenvalue weighted by Gasteiger charge is 2.25. The molecule has 4 N–H and O–H groups in total. The second-order valence-electron chi connectivity index (χ2n) is 7.03. The largest absolute Gasteiger partial charge is 0.444 e. The molecule has 2 rings (SSSR count). The van der Waals surface area contributed by atoms with E-state index in [4.69, 9.17) is 10.5 Å². The van der Waals surface area contributed by atoms with E-state index >= 15 is 0 Å². The topological polar surface area (TPSA) is 106 Å². The number of carbonyl (C=O) groups excluding carboxylic acids is 2. The first-order valence-corrected chi connectivity index (χ1v) is 9.26. The lowest BCUT2D eigenvalue weighted by atomic mass is 10.0. The zero-order chi connectivity index (χ0) is 20.9. The number of anilines is 1. The number of nitrogens with zero attached hydrogens (tertiary/aromatic N) is 1. The number of benzene rings is 1. The monoisotopic (exact) mass is 412 g/mol. The summed E-state index contributed by atoms with van der Waals surface area (Å²) in [5, 5.41) is 5.51. The van der Waals surface area contributed by atoms with Gasteiger partial charge in [-0.3, -0.25) is 4.79 Å². The van der Waals surface area contributed by atoms with E-state index < -0.39 is 35.3 Å². The van der Waals surface area contributed by atoms with Gasteiger partial charge in [-0.05, 0) is 38.5 Å². The lowest BCUT2D eigenvalue weighted by Crippen LogP contribution is -2.49. The van der Waals surface area contributed by atoms with Gasteiger partial charge in [-0.25, -0.2) is 18.6 Å². The molecule has 2 aromatic rings. The first kappa shape index (κ1) is 21.5. The molecule has 1 aromatic heterocycles. The van der Waals surface area contributed by atoms with E-state index in [1.807, 2.05) is 0 Å². The van der Waals surface area contributed by atoms with Crippen molar-refractivity contribution in [2.45, 2.75) is 45.4 Å². The molecule has 0 saturated heterocycles. The van der Waals surface area contributed by atoms with Crippen molar-refractivity contribution in [3.63, 3.8) is 0 Å². The molecule has 28 heavy (non-hydrogen) atoms. The molecule has 0 spiro atoms. The fraction of sp³-hybridized carbons (Fsp3) is 0.389. The Morgan fingerprint density at radius 1 is 1.29 bits per heavy atom. The normalized spacial score (nSPS) is 12.3. The first-order valence-electron chi connectivity index (χ1n) is 8.45. The number of amides is 2. The van der Waals surface area contributed by atoms with Crippen LogP contribution < -0.4 is 16.4 Å². The molecule has 1 heterocycles. The van der Waals surface area contributed by atoms with Gasteiger partial charge in [-0.15, -0.1) is 11.3 Å². The fourth-order valence-electron chi connectivity index (χ4n) is 2.26. The summed E-state index contributed by atoms with van der Waals surface area (Å²) < 4.78 is 31.8. The molecule has 0 saturated carbocycles. The van der Waals surface area contributed by atoms with Crippen LogP contribution in [-0.4, -0.2) is 28.6 Å². The van der Waals surface area contributed by atoms with Crippen LogP contribution in [0.1, 0.15) is 31.2 Å². The van der Waals surface area contributed by atoms with Crippen LogP contribution in [0.15, 0.2) is 24.4 Å². The van der Waals surface area contributed by atoms with Gasteiger partial charge in [0.2, 0.25) is 5.91 Å². The number of carbonyl (C=O) groups is 2. The minimum absolute atomic E-state index is 0.0485. The van der Waals surface area contributed by atoms with Crippen molar-refractivity contribution < 1.29 is 23.1 Å². The summed E-state index contributed by atoms with van der Waals surface area (Å²) in [5.41, 5.74) is 5.14. The minimum Gasteiger partial charge on any atom is -0.444 e. The number of nitrogens with one attached hydrogen (secondary N) is 2. The van der Waals surface area contributed by atoms with E-state index in [1.165, 1.54) is 23.6 Å². The molecule has 0 unspecified atom stereocenters. The maximum atomic E-state index is 13.5. The average Bonchev–Trinajstić information content (AvgIpc) is 2.99. The van der Waals surface area contributed by atoms with E-state index in [9.17, 15) is 18.4 Å². The van der Waals surface area contributed by atoms with E-state index in [2.05, 4.69) is 15.6 Å². The molecule has 7 nitrogen and oxygen atoms in total. The van der Waals surface area contributed by atoms with Crippen LogP contribution in [0, 0.1) is 11.6 Å². The lowest BCUT2D eigenvalue weighted by Gasteiger charge is -2.23. The Hall–Kier alpha value is -2.75. The number of hydrogen-bond acceptors (Lipinski definition) is 6. The van der Waals surface area contributed by atoms with Crippen LogP contribution in [0.3, 0.4) is 0 Å². The quantitative estimate of drug-likeness (QED) is 0.676. The summed E-state index contributed by atoms with van der Waals surface area (Å²) in [7, 11) is 0. The molecule has 0 bridgehead atoms. The van der Waals surface area contributed by atoms with Gasteiger partial charge in [0.05, 0.1) is 6.54 Å². The van der Waals surface area contributed by atoms with Crippen LogP contribution >= 0.6 is 11.3 Å². The number of nitrogen functional groups attached to an aromatic ring is 1. The van der Waals surface area contributed by atoms with Gasteiger partial charge in [0.1, 0.15) is 11.6 Å². The van der Waals surface area contributed by atoms with Crippen LogP contribution in [-0.2, 0) is 22.5 Å². The van der Waals surface area contributed by atoms with Gasteiger partial charge in [-0.1, -0.05) is 6.07 Å². The minimum atomic E-state index is -1.05. The Labute approximate surface area is 165 Å². The van der Waals surface area contributed by atoms with Crippen LogP contribution in [0.2, 0.25) is 0 Å². The van der Waals surface area contributed by atoms with Crippen LogP contribution in [0.4, 0.5) is 18.7 Å². The number of rotatable bonds is 6. The first-order chi connectivity index (χ1) is 13.0. The van der Waals surface area contributed by atoms with Crippen LogP contribution in [0.25, 0.3) is 0 Å². The molecule has 0 radical (unpaired) electrons. The number of thiazole rings is 1. The maximum Gasteiger partial charge on any atom is 0.408 e. The summed E-state index contributed by atoms with van der Waals surface area (Å²) in [6, 6.07) is 2.24. The lowest BCUT2D eigenvalue weighted by molar-refractivity contribution is -0.123. The highest BCUT2D eigenvalue weighted by atomic mass is 32.1. The molecule has 2 amide bonds. The van der Waals surface area contributed by atoms with Gasteiger partial charge in [0.15, 0.2) is 16.8 Å². The van der Waals surface area contributed by atoms with Gasteiger partial charge in [0, 0.05) is 17.5 Å². The van der Waals surface area contributed by atoms with Gasteiger partial charge in [0.25, 0.3) is 0 Å². The molecule has 0 fully saturated rings. The predicted molar refractivity (Wildman–Crippen MR) is 102 cm³/mol. The number of aromatic nitrogens is 1. The molecule has 152 valence electrons. The second-order valence-corrected chi connectivity index (χ2v) is 8.18. The summed E-state index contributed by atoms with van der Waals surface area (Å²) in [5.74, 6) is -2.54. The smallest absolute Gasteiger partial charge is 0.408 e. The molecule has 1 atom stereocenters. The number of hydrogen-bond donors (Lipinski definition) is 3. The highest BCUT2D eigenvalue weighted by molar-refractivity contribution is 7.15. The Kier molecular flexibility index (Phi) is 6.90. The molecule has 0 aliphatic carbocycles. The molecule has 10 heteroatoms. The Bertz CT molecular complexity index is 852. The van der Waals surface area contributed by atoms with E-state index in [1.54, 1.807) is 20.8 Å². The van der Waals surface area contributed by atoms with Crippen LogP contribution in [0.5, 0.6) is 0 Å². The molecule has 1 aromatic carbocycles. The average molecular weight is 412 g/mol. The Morgan fingerprint density at radius 3 is 2.57 bits per heavy atom. The Balaban J connectivity index is 2.10. The zero-order valence-corrected chi connectivity index (χ0v) is 16.5. The molecular formula is C18H22F2N4O3S. The number of ether oxygens (including phenoxy) is 1. The summed E-state index contributed by atoms with van der Waals surface area (Å²) >= 11 is 1.22. The number of alkyl carbamates (subject to hydrolysis) is 1. The molecule has 0 aliphatic heterocycles. The van der Waals surface area contributed by atoms with Crippen molar-refractivity contribution in [2.24, 2.45) is 0 Å². The van der Waals surface area contributed by atoms with Crippen molar-refractivity contribution in [2.75, 3.05) is 5.73 Å². The fourth-order valence-corrected chi connectivity index (χ4v) is 2.89. The van der Waals surface area contributed by atoms with Gasteiger partial charge >= 0.3 is 6.09 Å². The SMILES string of the molecule is CC(C)(C)OC(=O)N[C@@H](Cc1ccc(F)c(F)c1)C(=O)NCc1cnc(N)s1. The van der Waals surface area contributed by atoms with E-state index in [0.29, 0.717) is 10.7 Å². The highest BCUT2D eigenvalue weighted by Crippen LogP contribution is 2.15. The third kappa shape index (κ3) is 6.76.